The number of halogens is 2. The van der Waals surface area contributed by atoms with Crippen LogP contribution in [0.25, 0.3) is 0 Å². The summed E-state index contributed by atoms with van der Waals surface area (Å²) in [6.45, 7) is 4.01. The van der Waals surface area contributed by atoms with Crippen molar-refractivity contribution in [1.29, 1.82) is 0 Å². The number of amides is 1. The van der Waals surface area contributed by atoms with Crippen molar-refractivity contribution < 1.29 is 37.4 Å². The quantitative estimate of drug-likeness (QED) is 0.461. The van der Waals surface area contributed by atoms with Crippen LogP contribution in [0.15, 0.2) is 0 Å². The first-order chi connectivity index (χ1) is 15.2. The van der Waals surface area contributed by atoms with Crippen molar-refractivity contribution in [3.63, 3.8) is 0 Å². The molecule has 1 saturated carbocycles. The Morgan fingerprint density at radius 3 is 2.31 bits per heavy atom. The number of hydrogen-bond acceptors (Lipinski definition) is 7. The van der Waals surface area contributed by atoms with Crippen LogP contribution in [-0.2, 0) is 23.8 Å². The average molecular weight is 461 g/mol. The minimum atomic E-state index is -2.95. The van der Waals surface area contributed by atoms with Gasteiger partial charge in [-0.3, -0.25) is 14.6 Å². The number of fused-ring (bicyclic) bond motifs is 1. The number of alkyl halides is 2. The Balaban J connectivity index is 1.71. The molecule has 0 bridgehead atoms. The molecule has 0 spiro atoms. The first-order valence-electron chi connectivity index (χ1n) is 11.5. The van der Waals surface area contributed by atoms with E-state index in [4.69, 9.17) is 14.2 Å². The number of hydrogen-bond donors (Lipinski definition) is 0. The monoisotopic (exact) mass is 460 g/mol. The molecule has 0 aromatic heterocycles. The van der Waals surface area contributed by atoms with E-state index in [0.29, 0.717) is 25.8 Å². The maximum atomic E-state index is 14.5. The third kappa shape index (κ3) is 5.50. The number of ether oxygens (including phenoxy) is 3. The summed E-state index contributed by atoms with van der Waals surface area (Å²) >= 11 is 0. The van der Waals surface area contributed by atoms with Gasteiger partial charge in [-0.15, -0.1) is 0 Å². The predicted octanol–water partition coefficient (Wildman–Crippen LogP) is 2.70. The predicted molar refractivity (Wildman–Crippen MR) is 110 cm³/mol. The lowest BCUT2D eigenvalue weighted by Crippen LogP contribution is -2.58. The highest BCUT2D eigenvalue weighted by molar-refractivity contribution is 5.81. The highest BCUT2D eigenvalue weighted by Gasteiger charge is 2.49. The molecular formula is C22H34F2N2O6. The molecule has 4 unspecified atom stereocenters. The average Bonchev–Trinajstić information content (AvgIpc) is 2.76. The third-order valence-corrected chi connectivity index (χ3v) is 6.98. The number of likely N-dealkylation sites (tertiary alicyclic amines) is 2. The van der Waals surface area contributed by atoms with Crippen LogP contribution >= 0.6 is 0 Å². The van der Waals surface area contributed by atoms with Crippen molar-refractivity contribution in [2.75, 3.05) is 40.0 Å². The Bertz CT molecular complexity index is 706. The van der Waals surface area contributed by atoms with Gasteiger partial charge in [0.25, 0.3) is 5.92 Å². The van der Waals surface area contributed by atoms with Gasteiger partial charge in [0, 0.05) is 25.6 Å². The summed E-state index contributed by atoms with van der Waals surface area (Å²) in [7, 11) is 1.28. The van der Waals surface area contributed by atoms with Crippen molar-refractivity contribution in [3.05, 3.63) is 0 Å². The van der Waals surface area contributed by atoms with E-state index >= 15 is 0 Å². The second-order valence-electron chi connectivity index (χ2n) is 9.05. The van der Waals surface area contributed by atoms with Gasteiger partial charge >= 0.3 is 18.0 Å². The zero-order valence-corrected chi connectivity index (χ0v) is 19.1. The van der Waals surface area contributed by atoms with E-state index in [0.717, 1.165) is 6.42 Å². The Morgan fingerprint density at radius 1 is 0.969 bits per heavy atom. The van der Waals surface area contributed by atoms with Crippen molar-refractivity contribution in [3.8, 4) is 0 Å². The summed E-state index contributed by atoms with van der Waals surface area (Å²) < 4.78 is 44.0. The molecule has 0 aromatic carbocycles. The van der Waals surface area contributed by atoms with Gasteiger partial charge in [-0.1, -0.05) is 0 Å². The number of carbonyl (C=O) groups is 3. The molecule has 182 valence electrons. The second kappa shape index (κ2) is 10.3. The maximum absolute atomic E-state index is 14.5. The summed E-state index contributed by atoms with van der Waals surface area (Å²) in [5, 5.41) is 0. The SMILES string of the molecule is CCOC(=O)C1CC2CC(N3C[C@H](C(=O)OCC)CC(F)(F)C3)CCC2CN1C(=O)OC. The van der Waals surface area contributed by atoms with Crippen molar-refractivity contribution in [2.45, 2.75) is 64.0 Å². The molecule has 1 aliphatic carbocycles. The number of piperidine rings is 2. The zero-order chi connectivity index (χ0) is 23.5. The van der Waals surface area contributed by atoms with E-state index in [1.165, 1.54) is 12.0 Å². The first kappa shape index (κ1) is 24.7. The lowest BCUT2D eigenvalue weighted by molar-refractivity contribution is -0.162. The van der Waals surface area contributed by atoms with E-state index < -0.39 is 42.3 Å². The standard InChI is InChI=1S/C22H34F2N2O6/c1-4-31-19(27)16-10-22(23,24)13-25(11-16)17-7-6-14-12-26(21(29)30-3)18(9-15(14)8-17)20(28)32-5-2/h14-18H,4-13H2,1-3H3/t14?,15?,16-,17?,18?/m1/s1. The number of nitrogens with zero attached hydrogens (tertiary/aromatic N) is 2. The van der Waals surface area contributed by atoms with Crippen LogP contribution in [-0.4, -0.2) is 85.8 Å². The fourth-order valence-corrected chi connectivity index (χ4v) is 5.57. The molecule has 2 saturated heterocycles. The Labute approximate surface area is 187 Å². The molecule has 0 N–H and O–H groups in total. The Hall–Kier alpha value is -1.97. The number of methoxy groups -OCH3 is 1. The fourth-order valence-electron chi connectivity index (χ4n) is 5.57. The lowest BCUT2D eigenvalue weighted by atomic mass is 9.70. The van der Waals surface area contributed by atoms with Crippen LogP contribution in [0.2, 0.25) is 0 Å². The largest absolute Gasteiger partial charge is 0.466 e. The fraction of sp³-hybridized carbons (Fsp3) is 0.864. The second-order valence-corrected chi connectivity index (χ2v) is 9.05. The van der Waals surface area contributed by atoms with E-state index in [9.17, 15) is 23.2 Å². The maximum Gasteiger partial charge on any atom is 0.410 e. The Kier molecular flexibility index (Phi) is 7.95. The number of carbonyl (C=O) groups excluding carboxylic acids is 3. The molecule has 0 aromatic rings. The molecule has 0 radical (unpaired) electrons. The van der Waals surface area contributed by atoms with Crippen molar-refractivity contribution in [1.82, 2.24) is 9.80 Å². The van der Waals surface area contributed by atoms with Gasteiger partial charge in [-0.25, -0.2) is 18.4 Å². The summed E-state index contributed by atoms with van der Waals surface area (Å²) in [6.07, 6.45) is 1.47. The van der Waals surface area contributed by atoms with Gasteiger partial charge in [0.1, 0.15) is 6.04 Å². The minimum absolute atomic E-state index is 0.0978. The Morgan fingerprint density at radius 2 is 1.66 bits per heavy atom. The molecular weight excluding hydrogens is 426 g/mol. The van der Waals surface area contributed by atoms with Crippen LogP contribution in [0.3, 0.4) is 0 Å². The summed E-state index contributed by atoms with van der Waals surface area (Å²) in [6, 6.07) is -0.843. The molecule has 3 fully saturated rings. The van der Waals surface area contributed by atoms with Crippen molar-refractivity contribution in [2.24, 2.45) is 17.8 Å². The van der Waals surface area contributed by atoms with Gasteiger partial charge in [0.2, 0.25) is 0 Å². The molecule has 2 heterocycles. The molecule has 10 heteroatoms. The van der Waals surface area contributed by atoms with Crippen LogP contribution in [0.4, 0.5) is 13.6 Å². The summed E-state index contributed by atoms with van der Waals surface area (Å²) in [4.78, 5) is 40.1. The molecule has 1 amide bonds. The number of esters is 2. The normalized spacial score (nSPS) is 32.5. The van der Waals surface area contributed by atoms with Crippen LogP contribution in [0, 0.1) is 17.8 Å². The highest BCUT2D eigenvalue weighted by Crippen LogP contribution is 2.42. The van der Waals surface area contributed by atoms with Gasteiger partial charge < -0.3 is 14.2 Å². The molecule has 5 atom stereocenters. The molecule has 32 heavy (non-hydrogen) atoms. The van der Waals surface area contributed by atoms with Gasteiger partial charge in [0.05, 0.1) is 32.8 Å². The van der Waals surface area contributed by atoms with Gasteiger partial charge in [-0.2, -0.15) is 0 Å². The van der Waals surface area contributed by atoms with E-state index in [2.05, 4.69) is 0 Å². The van der Waals surface area contributed by atoms with E-state index in [1.807, 2.05) is 0 Å². The lowest BCUT2D eigenvalue weighted by Gasteiger charge is -2.49. The zero-order valence-electron chi connectivity index (χ0n) is 19.1. The molecule has 3 aliphatic rings. The highest BCUT2D eigenvalue weighted by atomic mass is 19.3. The molecule has 2 aliphatic heterocycles. The van der Waals surface area contributed by atoms with Crippen LogP contribution in [0.1, 0.15) is 46.0 Å². The van der Waals surface area contributed by atoms with Gasteiger partial charge in [0.15, 0.2) is 0 Å². The molecule has 3 rings (SSSR count). The summed E-state index contributed by atoms with van der Waals surface area (Å²) in [5.41, 5.74) is 0. The summed E-state index contributed by atoms with van der Waals surface area (Å²) in [5.74, 6) is -4.56. The van der Waals surface area contributed by atoms with Gasteiger partial charge in [-0.05, 0) is 51.4 Å². The number of rotatable bonds is 5. The van der Waals surface area contributed by atoms with Crippen LogP contribution in [0.5, 0.6) is 0 Å². The van der Waals surface area contributed by atoms with E-state index in [1.54, 1.807) is 18.7 Å². The topological polar surface area (TPSA) is 85.4 Å². The third-order valence-electron chi connectivity index (χ3n) is 6.98. The molecule has 8 nitrogen and oxygen atoms in total. The smallest absolute Gasteiger partial charge is 0.410 e. The van der Waals surface area contributed by atoms with Crippen molar-refractivity contribution >= 4 is 18.0 Å². The minimum Gasteiger partial charge on any atom is -0.466 e. The van der Waals surface area contributed by atoms with E-state index in [-0.39, 0.29) is 44.2 Å². The first-order valence-corrected chi connectivity index (χ1v) is 11.5. The van der Waals surface area contributed by atoms with Crippen LogP contribution < -0.4 is 0 Å².